The minimum absolute atomic E-state index is 0.171. The average Bonchev–Trinajstić information content (AvgIpc) is 3.17. The zero-order chi connectivity index (χ0) is 16.5. The molecule has 5 nitrogen and oxygen atoms in total. The van der Waals surface area contributed by atoms with E-state index < -0.39 is 6.10 Å². The summed E-state index contributed by atoms with van der Waals surface area (Å²) in [5.74, 6) is 1.42. The van der Waals surface area contributed by atoms with E-state index in [-0.39, 0.29) is 5.91 Å². The Kier molecular flexibility index (Phi) is 3.82. The molecule has 1 aliphatic heterocycles. The Morgan fingerprint density at radius 3 is 3.08 bits per heavy atom. The molecule has 0 bridgehead atoms. The summed E-state index contributed by atoms with van der Waals surface area (Å²) >= 11 is 1.43. The van der Waals surface area contributed by atoms with Crippen molar-refractivity contribution in [3.63, 3.8) is 0 Å². The van der Waals surface area contributed by atoms with Gasteiger partial charge in [-0.15, -0.1) is 0 Å². The number of hydrogen-bond acceptors (Lipinski definition) is 5. The van der Waals surface area contributed by atoms with E-state index >= 15 is 0 Å². The van der Waals surface area contributed by atoms with Gasteiger partial charge in [-0.3, -0.25) is 10.1 Å². The number of hydrogen-bond donors (Lipinski definition) is 1. The number of thiazole rings is 1. The van der Waals surface area contributed by atoms with E-state index in [1.165, 1.54) is 11.3 Å². The van der Waals surface area contributed by atoms with Crippen LogP contribution in [0.15, 0.2) is 42.5 Å². The molecule has 24 heavy (non-hydrogen) atoms. The van der Waals surface area contributed by atoms with Crippen molar-refractivity contribution >= 4 is 32.6 Å². The Labute approximate surface area is 143 Å². The second-order valence-electron chi connectivity index (χ2n) is 5.49. The van der Waals surface area contributed by atoms with Crippen molar-refractivity contribution < 1.29 is 14.3 Å². The molecule has 0 unspecified atom stereocenters. The lowest BCUT2D eigenvalue weighted by atomic mass is 10.1. The molecular formula is C18H16N2O3S. The van der Waals surface area contributed by atoms with Gasteiger partial charge in [0.05, 0.1) is 16.8 Å². The van der Waals surface area contributed by atoms with Gasteiger partial charge in [-0.1, -0.05) is 29.5 Å². The van der Waals surface area contributed by atoms with Gasteiger partial charge in [-0.05, 0) is 36.8 Å². The number of ether oxygens (including phenoxy) is 2. The molecule has 0 saturated heterocycles. The molecule has 4 rings (SSSR count). The second kappa shape index (κ2) is 6.13. The molecule has 0 fully saturated rings. The first-order chi connectivity index (χ1) is 11.7. The van der Waals surface area contributed by atoms with Crippen LogP contribution in [0.25, 0.3) is 10.2 Å². The molecule has 0 aliphatic carbocycles. The molecule has 6 heteroatoms. The lowest BCUT2D eigenvalue weighted by Crippen LogP contribution is -2.31. The molecule has 0 spiro atoms. The van der Waals surface area contributed by atoms with Crippen LogP contribution < -0.4 is 14.8 Å². The van der Waals surface area contributed by atoms with Gasteiger partial charge in [0.2, 0.25) is 0 Å². The summed E-state index contributed by atoms with van der Waals surface area (Å²) in [6.45, 7) is 2.57. The van der Waals surface area contributed by atoms with Gasteiger partial charge in [0, 0.05) is 6.42 Å². The first kappa shape index (κ1) is 15.0. The normalized spacial score (nSPS) is 15.8. The summed E-state index contributed by atoms with van der Waals surface area (Å²) in [6, 6.07) is 13.4. The van der Waals surface area contributed by atoms with Crippen LogP contribution in [0.4, 0.5) is 5.13 Å². The van der Waals surface area contributed by atoms with E-state index in [1.54, 1.807) is 0 Å². The van der Waals surface area contributed by atoms with Gasteiger partial charge in [0.25, 0.3) is 5.91 Å². The number of anilines is 1. The summed E-state index contributed by atoms with van der Waals surface area (Å²) in [5, 5.41) is 3.43. The SMILES string of the molecule is CCOc1ccc2nc(NC(=O)[C@@H]3Cc4ccccc4O3)sc2c1. The van der Waals surface area contributed by atoms with Crippen LogP contribution in [-0.4, -0.2) is 23.6 Å². The summed E-state index contributed by atoms with van der Waals surface area (Å²) in [6.07, 6.45) is 0.0786. The number of rotatable bonds is 4. The van der Waals surface area contributed by atoms with Crippen molar-refractivity contribution in [3.05, 3.63) is 48.0 Å². The standard InChI is InChI=1S/C18H16N2O3S/c1-2-22-12-7-8-13-16(10-12)24-18(19-13)20-17(21)15-9-11-5-3-4-6-14(11)23-15/h3-8,10,15H,2,9H2,1H3,(H,19,20,21)/t15-/m0/s1. The highest BCUT2D eigenvalue weighted by Crippen LogP contribution is 2.31. The number of para-hydroxylation sites is 1. The largest absolute Gasteiger partial charge is 0.494 e. The maximum absolute atomic E-state index is 12.4. The van der Waals surface area contributed by atoms with Gasteiger partial charge in [-0.25, -0.2) is 4.98 Å². The summed E-state index contributed by atoms with van der Waals surface area (Å²) in [4.78, 5) is 16.9. The minimum Gasteiger partial charge on any atom is -0.494 e. The molecule has 122 valence electrons. The number of aromatic nitrogens is 1. The van der Waals surface area contributed by atoms with Gasteiger partial charge < -0.3 is 9.47 Å². The third-order valence-electron chi connectivity index (χ3n) is 3.84. The van der Waals surface area contributed by atoms with Crippen molar-refractivity contribution in [2.45, 2.75) is 19.4 Å². The van der Waals surface area contributed by atoms with Gasteiger partial charge in [-0.2, -0.15) is 0 Å². The molecule has 0 saturated carbocycles. The Bertz CT molecular complexity index is 881. The third-order valence-corrected chi connectivity index (χ3v) is 4.77. The van der Waals surface area contributed by atoms with Crippen LogP contribution in [0.2, 0.25) is 0 Å². The minimum atomic E-state index is -0.506. The molecule has 3 aromatic rings. The van der Waals surface area contributed by atoms with Crippen molar-refractivity contribution in [1.29, 1.82) is 0 Å². The van der Waals surface area contributed by atoms with Crippen molar-refractivity contribution in [2.75, 3.05) is 11.9 Å². The maximum Gasteiger partial charge on any atom is 0.267 e. The van der Waals surface area contributed by atoms with Gasteiger partial charge in [0.1, 0.15) is 11.5 Å². The smallest absolute Gasteiger partial charge is 0.267 e. The molecule has 1 N–H and O–H groups in total. The number of benzene rings is 2. The first-order valence-electron chi connectivity index (χ1n) is 7.82. The fraction of sp³-hybridized carbons (Fsp3) is 0.222. The summed E-state index contributed by atoms with van der Waals surface area (Å²) in [7, 11) is 0. The number of amides is 1. The number of nitrogens with zero attached hydrogens (tertiary/aromatic N) is 1. The van der Waals surface area contributed by atoms with E-state index in [4.69, 9.17) is 9.47 Å². The van der Waals surface area contributed by atoms with Gasteiger partial charge >= 0.3 is 0 Å². The molecule has 1 amide bonds. The molecular weight excluding hydrogens is 324 g/mol. The van der Waals surface area contributed by atoms with E-state index in [1.807, 2.05) is 49.4 Å². The zero-order valence-electron chi connectivity index (χ0n) is 13.1. The fourth-order valence-corrected chi connectivity index (χ4v) is 3.63. The highest BCUT2D eigenvalue weighted by atomic mass is 32.1. The van der Waals surface area contributed by atoms with Crippen LogP contribution in [0, 0.1) is 0 Å². The molecule has 1 aromatic heterocycles. The van der Waals surface area contributed by atoms with E-state index in [0.717, 1.165) is 27.3 Å². The van der Waals surface area contributed by atoms with Crippen molar-refractivity contribution in [2.24, 2.45) is 0 Å². The zero-order valence-corrected chi connectivity index (χ0v) is 13.9. The first-order valence-corrected chi connectivity index (χ1v) is 8.63. The van der Waals surface area contributed by atoms with Crippen LogP contribution in [0.3, 0.4) is 0 Å². The molecule has 0 radical (unpaired) electrons. The van der Waals surface area contributed by atoms with E-state index in [9.17, 15) is 4.79 Å². The Hall–Kier alpha value is -2.60. The lowest BCUT2D eigenvalue weighted by molar-refractivity contribution is -0.122. The lowest BCUT2D eigenvalue weighted by Gasteiger charge is -2.09. The predicted molar refractivity (Wildman–Crippen MR) is 94.0 cm³/mol. The topological polar surface area (TPSA) is 60.5 Å². The van der Waals surface area contributed by atoms with Crippen LogP contribution in [0.5, 0.6) is 11.5 Å². The average molecular weight is 340 g/mol. The molecule has 1 atom stereocenters. The van der Waals surface area contributed by atoms with Crippen LogP contribution >= 0.6 is 11.3 Å². The summed E-state index contributed by atoms with van der Waals surface area (Å²) in [5.41, 5.74) is 1.90. The maximum atomic E-state index is 12.4. The molecule has 2 heterocycles. The van der Waals surface area contributed by atoms with Crippen LogP contribution in [-0.2, 0) is 11.2 Å². The van der Waals surface area contributed by atoms with Crippen molar-refractivity contribution in [3.8, 4) is 11.5 Å². The highest BCUT2D eigenvalue weighted by molar-refractivity contribution is 7.22. The Morgan fingerprint density at radius 1 is 1.38 bits per heavy atom. The van der Waals surface area contributed by atoms with Crippen molar-refractivity contribution in [1.82, 2.24) is 4.98 Å². The van der Waals surface area contributed by atoms with E-state index in [0.29, 0.717) is 18.2 Å². The third kappa shape index (κ3) is 2.80. The monoisotopic (exact) mass is 340 g/mol. The van der Waals surface area contributed by atoms with Gasteiger partial charge in [0.15, 0.2) is 11.2 Å². The quantitative estimate of drug-likeness (QED) is 0.788. The van der Waals surface area contributed by atoms with Crippen LogP contribution in [0.1, 0.15) is 12.5 Å². The molecule has 2 aromatic carbocycles. The Morgan fingerprint density at radius 2 is 2.25 bits per heavy atom. The number of nitrogens with one attached hydrogen (secondary N) is 1. The van der Waals surface area contributed by atoms with E-state index in [2.05, 4.69) is 10.3 Å². The fourth-order valence-electron chi connectivity index (χ4n) is 2.73. The number of carbonyl (C=O) groups excluding carboxylic acids is 1. The summed E-state index contributed by atoms with van der Waals surface area (Å²) < 4.78 is 12.2. The number of fused-ring (bicyclic) bond motifs is 2. The number of carbonyl (C=O) groups is 1. The second-order valence-corrected chi connectivity index (χ2v) is 6.52. The Balaban J connectivity index is 1.49. The highest BCUT2D eigenvalue weighted by Gasteiger charge is 2.29. The molecule has 1 aliphatic rings. The predicted octanol–water partition coefficient (Wildman–Crippen LogP) is 3.64.